The maximum Gasteiger partial charge on any atom is 0.326 e. The first-order chi connectivity index (χ1) is 13.3. The minimum atomic E-state index is -0.116. The molecular weight excluding hydrogens is 368 g/mol. The van der Waals surface area contributed by atoms with Gasteiger partial charge in [0.15, 0.2) is 0 Å². The van der Waals surface area contributed by atoms with Gasteiger partial charge in [0.2, 0.25) is 0 Å². The molecular formula is C24H23ClN2O. The van der Waals surface area contributed by atoms with Crippen molar-refractivity contribution in [2.45, 2.75) is 32.7 Å². The van der Waals surface area contributed by atoms with Gasteiger partial charge in [-0.2, -0.15) is 0 Å². The maximum absolute atomic E-state index is 12.5. The van der Waals surface area contributed by atoms with Crippen LogP contribution >= 0.6 is 11.6 Å². The summed E-state index contributed by atoms with van der Waals surface area (Å²) >= 11 is 6.08. The Bertz CT molecular complexity index is 1190. The molecule has 4 aromatic rings. The van der Waals surface area contributed by atoms with Crippen molar-refractivity contribution < 1.29 is 0 Å². The molecule has 28 heavy (non-hydrogen) atoms. The van der Waals surface area contributed by atoms with Crippen LogP contribution in [-0.4, -0.2) is 9.55 Å². The smallest absolute Gasteiger partial charge is 0.306 e. The Hall–Kier alpha value is -2.78. The van der Waals surface area contributed by atoms with Crippen molar-refractivity contribution >= 4 is 22.6 Å². The zero-order valence-electron chi connectivity index (χ0n) is 16.3. The lowest BCUT2D eigenvalue weighted by Gasteiger charge is -2.19. The predicted octanol–water partition coefficient (Wildman–Crippen LogP) is 6.00. The highest BCUT2D eigenvalue weighted by Gasteiger charge is 2.14. The van der Waals surface area contributed by atoms with E-state index in [2.05, 4.69) is 56.1 Å². The second-order valence-corrected chi connectivity index (χ2v) is 8.64. The Labute approximate surface area is 169 Å². The lowest BCUT2D eigenvalue weighted by atomic mass is 9.86. The van der Waals surface area contributed by atoms with E-state index in [1.807, 2.05) is 36.4 Å². The summed E-state index contributed by atoms with van der Waals surface area (Å²) in [6.45, 7) is 7.11. The van der Waals surface area contributed by atoms with E-state index in [9.17, 15) is 4.79 Å². The molecule has 0 aliphatic rings. The summed E-state index contributed by atoms with van der Waals surface area (Å²) in [4.78, 5) is 15.5. The molecule has 0 spiro atoms. The number of halogens is 1. The molecule has 4 heteroatoms. The Morgan fingerprint density at radius 1 is 0.929 bits per heavy atom. The highest BCUT2D eigenvalue weighted by Crippen LogP contribution is 2.27. The van der Waals surface area contributed by atoms with E-state index in [0.29, 0.717) is 11.6 Å². The van der Waals surface area contributed by atoms with Gasteiger partial charge < -0.3 is 4.98 Å². The number of benzene rings is 3. The molecule has 3 nitrogen and oxygen atoms in total. The molecule has 0 amide bonds. The van der Waals surface area contributed by atoms with Crippen molar-refractivity contribution in [3.05, 3.63) is 93.4 Å². The molecule has 0 aliphatic carbocycles. The fourth-order valence-electron chi connectivity index (χ4n) is 3.48. The first kappa shape index (κ1) is 18.6. The Balaban J connectivity index is 1.70. The summed E-state index contributed by atoms with van der Waals surface area (Å²) in [6.07, 6.45) is 0. The highest BCUT2D eigenvalue weighted by molar-refractivity contribution is 6.30. The number of nitrogens with one attached hydrogen (secondary N) is 1. The lowest BCUT2D eigenvalue weighted by Crippen LogP contribution is -2.17. The van der Waals surface area contributed by atoms with Crippen LogP contribution in [0.2, 0.25) is 5.02 Å². The second-order valence-electron chi connectivity index (χ2n) is 8.21. The number of hydrogen-bond donors (Lipinski definition) is 1. The van der Waals surface area contributed by atoms with Crippen molar-refractivity contribution in [1.82, 2.24) is 9.55 Å². The number of aromatic nitrogens is 2. The fraction of sp³-hybridized carbons (Fsp3) is 0.208. The Morgan fingerprint density at radius 3 is 2.32 bits per heavy atom. The zero-order chi connectivity index (χ0) is 19.9. The molecule has 0 unspecified atom stereocenters. The van der Waals surface area contributed by atoms with Gasteiger partial charge in [0.05, 0.1) is 17.6 Å². The molecule has 3 aromatic carbocycles. The third-order valence-electron chi connectivity index (χ3n) is 5.09. The third kappa shape index (κ3) is 3.63. The summed E-state index contributed by atoms with van der Waals surface area (Å²) in [6, 6.07) is 22.3. The summed E-state index contributed by atoms with van der Waals surface area (Å²) < 4.78 is 1.74. The van der Waals surface area contributed by atoms with Gasteiger partial charge in [0.1, 0.15) is 0 Å². The van der Waals surface area contributed by atoms with E-state index in [1.165, 1.54) is 5.56 Å². The van der Waals surface area contributed by atoms with E-state index in [-0.39, 0.29) is 11.1 Å². The second kappa shape index (κ2) is 6.99. The molecule has 0 radical (unpaired) electrons. The van der Waals surface area contributed by atoms with Gasteiger partial charge in [-0.1, -0.05) is 74.8 Å². The van der Waals surface area contributed by atoms with Crippen LogP contribution in [-0.2, 0) is 12.0 Å². The molecule has 0 bridgehead atoms. The summed E-state index contributed by atoms with van der Waals surface area (Å²) in [7, 11) is 0. The van der Waals surface area contributed by atoms with E-state index in [1.54, 1.807) is 4.57 Å². The summed E-state index contributed by atoms with van der Waals surface area (Å²) in [5.74, 6) is 0. The van der Waals surface area contributed by atoms with Gasteiger partial charge in [-0.15, -0.1) is 0 Å². The normalized spacial score (nSPS) is 11.9. The van der Waals surface area contributed by atoms with Crippen molar-refractivity contribution in [2.24, 2.45) is 0 Å². The van der Waals surface area contributed by atoms with Crippen LogP contribution < -0.4 is 5.69 Å². The SMILES string of the molecule is CC(C)(C)c1ccc(-c2ccc3c(c2)[nH]c(=O)n3Cc2cccc(Cl)c2)cc1. The Kier molecular flexibility index (Phi) is 4.64. The van der Waals surface area contributed by atoms with Gasteiger partial charge in [0, 0.05) is 5.02 Å². The first-order valence-corrected chi connectivity index (χ1v) is 9.77. The van der Waals surface area contributed by atoms with E-state index in [0.717, 1.165) is 27.7 Å². The third-order valence-corrected chi connectivity index (χ3v) is 5.32. The van der Waals surface area contributed by atoms with Crippen molar-refractivity contribution in [1.29, 1.82) is 0 Å². The highest BCUT2D eigenvalue weighted by atomic mass is 35.5. The molecule has 0 atom stereocenters. The first-order valence-electron chi connectivity index (χ1n) is 9.39. The van der Waals surface area contributed by atoms with Gasteiger partial charge in [-0.3, -0.25) is 4.57 Å². The van der Waals surface area contributed by atoms with E-state index in [4.69, 9.17) is 11.6 Å². The van der Waals surface area contributed by atoms with Crippen molar-refractivity contribution in [3.8, 4) is 11.1 Å². The molecule has 4 rings (SSSR count). The predicted molar refractivity (Wildman–Crippen MR) is 117 cm³/mol. The number of nitrogens with zero attached hydrogens (tertiary/aromatic N) is 1. The Morgan fingerprint density at radius 2 is 1.64 bits per heavy atom. The van der Waals surface area contributed by atoms with Gasteiger partial charge in [-0.05, 0) is 51.9 Å². The topological polar surface area (TPSA) is 37.8 Å². The monoisotopic (exact) mass is 390 g/mol. The summed E-state index contributed by atoms with van der Waals surface area (Å²) in [5.41, 5.74) is 6.27. The largest absolute Gasteiger partial charge is 0.326 e. The van der Waals surface area contributed by atoms with Crippen LogP contribution in [0, 0.1) is 0 Å². The number of H-pyrrole nitrogens is 1. The van der Waals surface area contributed by atoms with Gasteiger partial charge in [0.25, 0.3) is 0 Å². The van der Waals surface area contributed by atoms with E-state index >= 15 is 0 Å². The van der Waals surface area contributed by atoms with Gasteiger partial charge >= 0.3 is 5.69 Å². The molecule has 0 fully saturated rings. The lowest BCUT2D eigenvalue weighted by molar-refractivity contribution is 0.590. The van der Waals surface area contributed by atoms with Crippen LogP contribution in [0.5, 0.6) is 0 Å². The number of hydrogen-bond acceptors (Lipinski definition) is 1. The van der Waals surface area contributed by atoms with Crippen LogP contribution in [0.15, 0.2) is 71.5 Å². The van der Waals surface area contributed by atoms with Crippen molar-refractivity contribution in [3.63, 3.8) is 0 Å². The molecule has 1 heterocycles. The quantitative estimate of drug-likeness (QED) is 0.458. The van der Waals surface area contributed by atoms with Crippen molar-refractivity contribution in [2.75, 3.05) is 0 Å². The molecule has 1 N–H and O–H groups in total. The van der Waals surface area contributed by atoms with Crippen LogP contribution in [0.1, 0.15) is 31.9 Å². The van der Waals surface area contributed by atoms with E-state index < -0.39 is 0 Å². The summed E-state index contributed by atoms with van der Waals surface area (Å²) in [5, 5.41) is 0.673. The molecule has 0 saturated heterocycles. The average molecular weight is 391 g/mol. The molecule has 1 aromatic heterocycles. The minimum Gasteiger partial charge on any atom is -0.306 e. The number of aromatic amines is 1. The standard InChI is InChI=1S/C24H23ClN2O/c1-24(2,3)19-10-7-17(8-11-19)18-9-12-22-21(14-18)26-23(28)27(22)15-16-5-4-6-20(25)13-16/h4-14H,15H2,1-3H3,(H,26,28). The molecule has 0 saturated carbocycles. The number of imidazole rings is 1. The molecule has 142 valence electrons. The zero-order valence-corrected chi connectivity index (χ0v) is 17.0. The van der Waals surface area contributed by atoms with Crippen LogP contribution in [0.25, 0.3) is 22.2 Å². The van der Waals surface area contributed by atoms with Crippen LogP contribution in [0.3, 0.4) is 0 Å². The number of rotatable bonds is 3. The average Bonchev–Trinajstić information content (AvgIpc) is 2.96. The maximum atomic E-state index is 12.5. The van der Waals surface area contributed by atoms with Gasteiger partial charge in [-0.25, -0.2) is 4.79 Å². The molecule has 0 aliphatic heterocycles. The number of fused-ring (bicyclic) bond motifs is 1. The minimum absolute atomic E-state index is 0.116. The fourth-order valence-corrected chi connectivity index (χ4v) is 3.69. The van der Waals surface area contributed by atoms with Crippen LogP contribution in [0.4, 0.5) is 0 Å².